The first-order valence-corrected chi connectivity index (χ1v) is 7.34. The number of hydrogen-bond acceptors (Lipinski definition) is 2. The fourth-order valence-electron chi connectivity index (χ4n) is 2.03. The number of aryl methyl sites for hydroxylation is 1. The minimum absolute atomic E-state index is 0.0225. The van der Waals surface area contributed by atoms with E-state index in [1.54, 1.807) is 6.07 Å². The predicted octanol–water partition coefficient (Wildman–Crippen LogP) is 4.78. The van der Waals surface area contributed by atoms with Crippen molar-refractivity contribution in [3.05, 3.63) is 63.6 Å². The van der Waals surface area contributed by atoms with Crippen LogP contribution in [0.15, 0.2) is 46.9 Å². The molecule has 3 heteroatoms. The molecule has 0 saturated heterocycles. The Balaban J connectivity index is 2.42. The van der Waals surface area contributed by atoms with Crippen LogP contribution in [0.1, 0.15) is 35.3 Å². The molecule has 0 aromatic heterocycles. The zero-order chi connectivity index (χ0) is 14.7. The highest BCUT2D eigenvalue weighted by Gasteiger charge is 2.15. The molecule has 0 radical (unpaired) electrons. The number of ether oxygens (including phenoxy) is 1. The summed E-state index contributed by atoms with van der Waals surface area (Å²) in [6.45, 7) is 5.87. The van der Waals surface area contributed by atoms with E-state index in [1.165, 1.54) is 0 Å². The summed E-state index contributed by atoms with van der Waals surface area (Å²) in [7, 11) is 0. The molecule has 2 aromatic carbocycles. The van der Waals surface area contributed by atoms with Gasteiger partial charge in [-0.15, -0.1) is 0 Å². The van der Waals surface area contributed by atoms with Crippen LogP contribution in [0.25, 0.3) is 0 Å². The van der Waals surface area contributed by atoms with Crippen LogP contribution in [0.2, 0.25) is 0 Å². The van der Waals surface area contributed by atoms with Crippen molar-refractivity contribution in [2.45, 2.75) is 26.9 Å². The summed E-state index contributed by atoms with van der Waals surface area (Å²) in [4.78, 5) is 12.7. The first kappa shape index (κ1) is 14.8. The van der Waals surface area contributed by atoms with Gasteiger partial charge in [0.1, 0.15) is 5.75 Å². The molecular weight excluding hydrogens is 316 g/mol. The maximum Gasteiger partial charge on any atom is 0.196 e. The summed E-state index contributed by atoms with van der Waals surface area (Å²) in [5.41, 5.74) is 2.31. The molecule has 0 aliphatic heterocycles. The van der Waals surface area contributed by atoms with E-state index in [0.717, 1.165) is 10.0 Å². The molecule has 2 rings (SSSR count). The summed E-state index contributed by atoms with van der Waals surface area (Å²) in [6, 6.07) is 13.1. The van der Waals surface area contributed by atoms with Gasteiger partial charge in [-0.1, -0.05) is 28.1 Å². The van der Waals surface area contributed by atoms with Crippen molar-refractivity contribution in [2.24, 2.45) is 0 Å². The fourth-order valence-corrected chi connectivity index (χ4v) is 2.64. The molecule has 0 N–H and O–H groups in total. The van der Waals surface area contributed by atoms with Gasteiger partial charge in [-0.2, -0.15) is 0 Å². The maximum atomic E-state index is 12.7. The highest BCUT2D eigenvalue weighted by Crippen LogP contribution is 2.24. The number of carbonyl (C=O) groups is 1. The van der Waals surface area contributed by atoms with Crippen molar-refractivity contribution in [3.63, 3.8) is 0 Å². The molecule has 20 heavy (non-hydrogen) atoms. The number of carbonyl (C=O) groups excluding carboxylic acids is 1. The van der Waals surface area contributed by atoms with Crippen LogP contribution >= 0.6 is 15.9 Å². The molecular formula is C17H17BrO2. The summed E-state index contributed by atoms with van der Waals surface area (Å²) in [5, 5.41) is 0. The van der Waals surface area contributed by atoms with Crippen LogP contribution in [0, 0.1) is 6.92 Å². The molecule has 0 amide bonds. The molecule has 2 nitrogen and oxygen atoms in total. The van der Waals surface area contributed by atoms with Crippen LogP contribution in [-0.4, -0.2) is 11.9 Å². The Morgan fingerprint density at radius 3 is 2.50 bits per heavy atom. The van der Waals surface area contributed by atoms with Crippen molar-refractivity contribution in [2.75, 3.05) is 0 Å². The van der Waals surface area contributed by atoms with Gasteiger partial charge in [0.2, 0.25) is 0 Å². The second-order valence-electron chi connectivity index (χ2n) is 5.01. The number of hydrogen-bond donors (Lipinski definition) is 0. The molecule has 0 aliphatic rings. The van der Waals surface area contributed by atoms with Gasteiger partial charge in [-0.3, -0.25) is 4.79 Å². The highest BCUT2D eigenvalue weighted by molar-refractivity contribution is 9.10. The molecule has 0 saturated carbocycles. The average Bonchev–Trinajstić information content (AvgIpc) is 2.36. The zero-order valence-corrected chi connectivity index (χ0v) is 13.4. The predicted molar refractivity (Wildman–Crippen MR) is 84.5 cm³/mol. The van der Waals surface area contributed by atoms with E-state index < -0.39 is 0 Å². The largest absolute Gasteiger partial charge is 0.490 e. The summed E-state index contributed by atoms with van der Waals surface area (Å²) in [5.74, 6) is 0.607. The molecule has 2 aromatic rings. The Bertz CT molecular complexity index is 612. The van der Waals surface area contributed by atoms with Crippen LogP contribution in [0.3, 0.4) is 0 Å². The Morgan fingerprint density at radius 2 is 1.85 bits per heavy atom. The molecule has 0 heterocycles. The molecule has 0 fully saturated rings. The average molecular weight is 333 g/mol. The lowest BCUT2D eigenvalue weighted by molar-refractivity contribution is 0.103. The van der Waals surface area contributed by atoms with E-state index in [-0.39, 0.29) is 11.9 Å². The highest BCUT2D eigenvalue weighted by atomic mass is 79.9. The second kappa shape index (κ2) is 6.23. The SMILES string of the molecule is Cc1cc(Br)cc(C(=O)c2ccccc2OC(C)C)c1. The lowest BCUT2D eigenvalue weighted by atomic mass is 10.0. The third-order valence-electron chi connectivity index (χ3n) is 2.80. The normalized spacial score (nSPS) is 10.7. The van der Waals surface area contributed by atoms with E-state index in [1.807, 2.05) is 57.2 Å². The molecule has 0 spiro atoms. The lowest BCUT2D eigenvalue weighted by Crippen LogP contribution is -2.10. The van der Waals surface area contributed by atoms with Gasteiger partial charge in [0, 0.05) is 10.0 Å². The minimum atomic E-state index is -0.0225. The third kappa shape index (κ3) is 3.48. The number of rotatable bonds is 4. The van der Waals surface area contributed by atoms with Crippen molar-refractivity contribution >= 4 is 21.7 Å². The third-order valence-corrected chi connectivity index (χ3v) is 3.26. The van der Waals surface area contributed by atoms with E-state index in [9.17, 15) is 4.79 Å². The van der Waals surface area contributed by atoms with Crippen LogP contribution in [0.5, 0.6) is 5.75 Å². The summed E-state index contributed by atoms with van der Waals surface area (Å²) >= 11 is 3.43. The standard InChI is InChI=1S/C17H17BrO2/c1-11(2)20-16-7-5-4-6-15(16)17(19)13-8-12(3)9-14(18)10-13/h4-11H,1-3H3. The van der Waals surface area contributed by atoms with Crippen molar-refractivity contribution in [3.8, 4) is 5.75 Å². The summed E-state index contributed by atoms with van der Waals surface area (Å²) < 4.78 is 6.62. The number of halogens is 1. The van der Waals surface area contributed by atoms with Gasteiger partial charge in [-0.25, -0.2) is 0 Å². The molecule has 104 valence electrons. The van der Waals surface area contributed by atoms with Gasteiger partial charge >= 0.3 is 0 Å². The van der Waals surface area contributed by atoms with E-state index in [0.29, 0.717) is 16.9 Å². The molecule has 0 atom stereocenters. The number of ketones is 1. The van der Waals surface area contributed by atoms with Gasteiger partial charge in [0.25, 0.3) is 0 Å². The van der Waals surface area contributed by atoms with Crippen LogP contribution < -0.4 is 4.74 Å². The van der Waals surface area contributed by atoms with Gasteiger partial charge in [0.05, 0.1) is 11.7 Å². The Kier molecular flexibility index (Phi) is 4.61. The van der Waals surface area contributed by atoms with Crippen molar-refractivity contribution < 1.29 is 9.53 Å². The quantitative estimate of drug-likeness (QED) is 0.753. The number of benzene rings is 2. The van der Waals surface area contributed by atoms with Crippen LogP contribution in [0.4, 0.5) is 0 Å². The van der Waals surface area contributed by atoms with Gasteiger partial charge in [-0.05, 0) is 56.7 Å². The maximum absolute atomic E-state index is 12.7. The second-order valence-corrected chi connectivity index (χ2v) is 5.92. The zero-order valence-electron chi connectivity index (χ0n) is 11.8. The Labute approximate surface area is 127 Å². The van der Waals surface area contributed by atoms with E-state index in [4.69, 9.17) is 4.74 Å². The topological polar surface area (TPSA) is 26.3 Å². The minimum Gasteiger partial charge on any atom is -0.490 e. The molecule has 0 bridgehead atoms. The smallest absolute Gasteiger partial charge is 0.196 e. The van der Waals surface area contributed by atoms with E-state index >= 15 is 0 Å². The van der Waals surface area contributed by atoms with Gasteiger partial charge < -0.3 is 4.74 Å². The number of para-hydroxylation sites is 1. The summed E-state index contributed by atoms with van der Waals surface area (Å²) in [6.07, 6.45) is 0.0354. The molecule has 0 unspecified atom stereocenters. The monoisotopic (exact) mass is 332 g/mol. The van der Waals surface area contributed by atoms with Crippen molar-refractivity contribution in [1.82, 2.24) is 0 Å². The first-order chi connectivity index (χ1) is 9.47. The fraction of sp³-hybridized carbons (Fsp3) is 0.235. The Morgan fingerprint density at radius 1 is 1.15 bits per heavy atom. The van der Waals surface area contributed by atoms with Crippen LogP contribution in [-0.2, 0) is 0 Å². The Hall–Kier alpha value is -1.61. The van der Waals surface area contributed by atoms with Gasteiger partial charge in [0.15, 0.2) is 5.78 Å². The first-order valence-electron chi connectivity index (χ1n) is 6.55. The molecule has 0 aliphatic carbocycles. The lowest BCUT2D eigenvalue weighted by Gasteiger charge is -2.13. The van der Waals surface area contributed by atoms with E-state index in [2.05, 4.69) is 15.9 Å². The van der Waals surface area contributed by atoms with Crippen molar-refractivity contribution in [1.29, 1.82) is 0 Å².